The molecule has 4 rings (SSSR count). The number of aromatic nitrogens is 1. The number of nitrogens with two attached hydrogens (primary N) is 1. The van der Waals surface area contributed by atoms with Crippen LogP contribution >= 0.6 is 15.9 Å². The van der Waals surface area contributed by atoms with Crippen LogP contribution in [0.4, 0.5) is 10.5 Å². The first-order valence-corrected chi connectivity index (χ1v) is 15.7. The summed E-state index contributed by atoms with van der Waals surface area (Å²) in [4.78, 5) is 43.7. The predicted octanol–water partition coefficient (Wildman–Crippen LogP) is 5.52. The van der Waals surface area contributed by atoms with Crippen molar-refractivity contribution in [2.24, 2.45) is 17.6 Å². The number of nitrogens with one attached hydrogen (secondary N) is 1. The van der Waals surface area contributed by atoms with E-state index in [0.717, 1.165) is 4.47 Å². The fraction of sp³-hybridized carbons (Fsp3) is 0.412. The molecular formula is C34H40BrN3O8. The first-order chi connectivity index (χ1) is 21.8. The molecule has 0 saturated heterocycles. The number of aliphatic hydroxyl groups is 1. The molecule has 246 valence electrons. The number of nitrogens with zero attached hydrogens (tertiary/aromatic N) is 1. The average Bonchev–Trinajstić information content (AvgIpc) is 3.01. The Bertz CT molecular complexity index is 1710. The zero-order chi connectivity index (χ0) is 33.7. The predicted molar refractivity (Wildman–Crippen MR) is 179 cm³/mol. The highest BCUT2D eigenvalue weighted by Crippen LogP contribution is 2.33. The molecule has 0 radical (unpaired) electrons. The maximum Gasteiger partial charge on any atom is 0.405 e. The van der Waals surface area contributed by atoms with E-state index in [-0.39, 0.29) is 23.5 Å². The minimum atomic E-state index is -0.987. The van der Waals surface area contributed by atoms with E-state index in [9.17, 15) is 19.5 Å². The summed E-state index contributed by atoms with van der Waals surface area (Å²) in [6, 6.07) is 6.94. The summed E-state index contributed by atoms with van der Waals surface area (Å²) in [5, 5.41) is 14.1. The van der Waals surface area contributed by atoms with Gasteiger partial charge in [-0.1, -0.05) is 54.1 Å². The van der Waals surface area contributed by atoms with Crippen LogP contribution in [0.3, 0.4) is 0 Å². The Balaban J connectivity index is 1.86. The standard InChI is InChI=1S/C34H40BrN3O8/c1-17-12-22-30(40)24(16-25-32(22)45-27-15-21(35)10-11-23(27)37-25)38-33(41)18(2)8-7-9-26(43-5)31(46-34(36)42)20(4)14-19(3)29(39)28(13-17)44-6/h7-11,14-17,19,26,28-29,31,39H,12-13H2,1-6H3,(H2,36,42)(H,38,41)/b9-7-,18-8+,20-14+/t17?,19-,26-,28?,29+,31-/m1/s1. The molecule has 1 aliphatic carbocycles. The summed E-state index contributed by atoms with van der Waals surface area (Å²) < 4.78 is 23.8. The van der Waals surface area contributed by atoms with Crippen LogP contribution in [0.2, 0.25) is 0 Å². The van der Waals surface area contributed by atoms with E-state index in [0.29, 0.717) is 45.7 Å². The van der Waals surface area contributed by atoms with Crippen LogP contribution in [0.25, 0.3) is 22.6 Å². The van der Waals surface area contributed by atoms with Crippen LogP contribution in [0.5, 0.6) is 0 Å². The van der Waals surface area contributed by atoms with Crippen LogP contribution in [-0.2, 0) is 25.4 Å². The van der Waals surface area contributed by atoms with Gasteiger partial charge in [-0.05, 0) is 62.4 Å². The van der Waals surface area contributed by atoms with E-state index < -0.39 is 42.3 Å². The van der Waals surface area contributed by atoms with E-state index in [1.165, 1.54) is 20.3 Å². The average molecular weight is 699 g/mol. The number of anilines is 1. The van der Waals surface area contributed by atoms with Gasteiger partial charge in [0.25, 0.3) is 5.91 Å². The number of benzene rings is 2. The molecule has 1 aromatic rings. The molecule has 2 amide bonds. The minimum absolute atomic E-state index is 0.0648. The van der Waals surface area contributed by atoms with Crippen LogP contribution in [0.15, 0.2) is 73.4 Å². The van der Waals surface area contributed by atoms with Crippen molar-refractivity contribution < 1.29 is 33.3 Å². The Morgan fingerprint density at radius 1 is 1.15 bits per heavy atom. The lowest BCUT2D eigenvalue weighted by molar-refractivity contribution is -0.112. The molecule has 6 atom stereocenters. The van der Waals surface area contributed by atoms with Gasteiger partial charge in [-0.3, -0.25) is 9.59 Å². The summed E-state index contributed by atoms with van der Waals surface area (Å²) in [7, 11) is 2.97. The summed E-state index contributed by atoms with van der Waals surface area (Å²) in [5.41, 5.74) is 7.83. The summed E-state index contributed by atoms with van der Waals surface area (Å²) >= 11 is 3.46. The molecule has 2 aliphatic heterocycles. The zero-order valence-corrected chi connectivity index (χ0v) is 28.3. The number of hydrogen-bond donors (Lipinski definition) is 3. The first kappa shape index (κ1) is 35.0. The number of primary amides is 1. The third-order valence-corrected chi connectivity index (χ3v) is 8.63. The molecule has 1 aromatic carbocycles. The van der Waals surface area contributed by atoms with Gasteiger partial charge in [-0.25, -0.2) is 9.78 Å². The van der Waals surface area contributed by atoms with Crippen LogP contribution in [0.1, 0.15) is 39.7 Å². The number of halogens is 1. The molecule has 2 unspecified atom stereocenters. The Kier molecular flexibility index (Phi) is 11.5. The number of aliphatic hydroxyl groups excluding tert-OH is 1. The monoisotopic (exact) mass is 697 g/mol. The van der Waals surface area contributed by atoms with E-state index in [2.05, 4.69) is 21.2 Å². The van der Waals surface area contributed by atoms with Crippen molar-refractivity contribution in [3.63, 3.8) is 0 Å². The number of amides is 2. The smallest absolute Gasteiger partial charge is 0.405 e. The molecule has 3 aliphatic rings. The lowest BCUT2D eigenvalue weighted by atomic mass is 9.87. The molecule has 0 aromatic heterocycles. The Hall–Kier alpha value is -3.84. The van der Waals surface area contributed by atoms with Crippen LogP contribution in [0, 0.1) is 11.8 Å². The van der Waals surface area contributed by atoms with Gasteiger partial charge in [-0.2, -0.15) is 0 Å². The van der Waals surface area contributed by atoms with Gasteiger partial charge in [0.15, 0.2) is 17.4 Å². The summed E-state index contributed by atoms with van der Waals surface area (Å²) in [6.45, 7) is 7.14. The Morgan fingerprint density at radius 3 is 2.57 bits per heavy atom. The second kappa shape index (κ2) is 15.2. The third-order valence-electron chi connectivity index (χ3n) is 8.13. The Morgan fingerprint density at radius 2 is 1.89 bits per heavy atom. The number of hydrogen-bond acceptors (Lipinski definition) is 9. The van der Waals surface area contributed by atoms with E-state index in [4.69, 9.17) is 29.3 Å². The normalized spacial score (nSPS) is 28.1. The van der Waals surface area contributed by atoms with Crippen molar-refractivity contribution in [2.45, 2.75) is 65.0 Å². The van der Waals surface area contributed by atoms with E-state index >= 15 is 0 Å². The van der Waals surface area contributed by atoms with Gasteiger partial charge in [-0.15, -0.1) is 0 Å². The third kappa shape index (κ3) is 8.11. The highest BCUT2D eigenvalue weighted by Gasteiger charge is 2.30. The number of allylic oxidation sites excluding steroid dienone is 2. The van der Waals surface area contributed by atoms with Gasteiger partial charge in [0.05, 0.1) is 17.9 Å². The molecule has 11 nitrogen and oxygen atoms in total. The molecule has 2 bridgehead atoms. The van der Waals surface area contributed by atoms with Crippen molar-refractivity contribution in [1.29, 1.82) is 0 Å². The quantitative estimate of drug-likeness (QED) is 0.236. The van der Waals surface area contributed by atoms with Crippen molar-refractivity contribution in [1.82, 2.24) is 4.98 Å². The van der Waals surface area contributed by atoms with Crippen LogP contribution < -0.4 is 16.5 Å². The number of rotatable bonds is 3. The molecule has 12 heteroatoms. The minimum Gasteiger partial charge on any atom is -0.452 e. The molecule has 0 spiro atoms. The van der Waals surface area contributed by atoms with Gasteiger partial charge in [0.1, 0.15) is 17.3 Å². The second-order valence-corrected chi connectivity index (χ2v) is 12.6. The van der Waals surface area contributed by atoms with Gasteiger partial charge >= 0.3 is 6.09 Å². The lowest BCUT2D eigenvalue weighted by Gasteiger charge is -2.29. The highest BCUT2D eigenvalue weighted by molar-refractivity contribution is 9.10. The summed E-state index contributed by atoms with van der Waals surface area (Å²) in [6.07, 6.45) is 3.03. The molecule has 46 heavy (non-hydrogen) atoms. The fourth-order valence-electron chi connectivity index (χ4n) is 5.67. The number of carbonyl (C=O) groups is 2. The SMILES string of the molecule is COC1CC(C)Cc2c3oc4cc(Br)ccc4nc-3cc(c2=O)NC(=O)/C(C)=C/C=C\[C@@H](OC)[C@H](OC(N)=O)/C(C)=C/[C@@H](C)[C@@H]1O. The van der Waals surface area contributed by atoms with Gasteiger partial charge in [0.2, 0.25) is 5.43 Å². The van der Waals surface area contributed by atoms with Crippen molar-refractivity contribution >= 4 is 44.7 Å². The highest BCUT2D eigenvalue weighted by atomic mass is 79.9. The topological polar surface area (TPSA) is 163 Å². The van der Waals surface area contributed by atoms with Crippen LogP contribution in [-0.4, -0.2) is 60.7 Å². The second-order valence-electron chi connectivity index (χ2n) is 11.7. The zero-order valence-electron chi connectivity index (χ0n) is 26.7. The number of carbonyl (C=O) groups excluding carboxylic acids is 2. The molecular weight excluding hydrogens is 658 g/mol. The van der Waals surface area contributed by atoms with Crippen molar-refractivity contribution in [2.75, 3.05) is 19.5 Å². The molecule has 4 N–H and O–H groups in total. The first-order valence-electron chi connectivity index (χ1n) is 14.9. The number of ether oxygens (including phenoxy) is 3. The van der Waals surface area contributed by atoms with Crippen molar-refractivity contribution in [3.8, 4) is 11.5 Å². The maximum absolute atomic E-state index is 13.9. The van der Waals surface area contributed by atoms with E-state index in [1.54, 1.807) is 50.3 Å². The molecule has 0 fully saturated rings. The van der Waals surface area contributed by atoms with E-state index in [1.807, 2.05) is 19.9 Å². The fourth-order valence-corrected chi connectivity index (χ4v) is 6.01. The van der Waals surface area contributed by atoms with Gasteiger partial charge < -0.3 is 34.8 Å². The molecule has 0 saturated carbocycles. The molecule has 2 heterocycles. The lowest BCUT2D eigenvalue weighted by Crippen LogP contribution is -2.37. The number of methoxy groups -OCH3 is 2. The maximum atomic E-state index is 13.9. The summed E-state index contributed by atoms with van der Waals surface area (Å²) in [5.74, 6) is -0.754. The van der Waals surface area contributed by atoms with Crippen molar-refractivity contribution in [3.05, 3.63) is 80.0 Å². The Labute approximate surface area is 276 Å². The largest absolute Gasteiger partial charge is 0.452 e. The van der Waals surface area contributed by atoms with Gasteiger partial charge in [0, 0.05) is 35.7 Å². The number of fused-ring (bicyclic) bond motifs is 5.